The third-order valence-electron chi connectivity index (χ3n) is 3.52. The minimum Gasteiger partial charge on any atom is -0.368 e. The molecule has 1 aromatic carbocycles. The third kappa shape index (κ3) is 3.14. The van der Waals surface area contributed by atoms with E-state index in [1.807, 2.05) is 52.2 Å². The summed E-state index contributed by atoms with van der Waals surface area (Å²) in [7, 11) is 3.68. The summed E-state index contributed by atoms with van der Waals surface area (Å²) in [6.07, 6.45) is 0. The Bertz CT molecular complexity index is 838. The van der Waals surface area contributed by atoms with Gasteiger partial charge in [0.05, 0.1) is 0 Å². The SMILES string of the molecule is Cc1ccc(-c2nnn([C@H](C)c3nc(N)nc(N(C)C)n3)n2)cc1. The number of hydrogen-bond acceptors (Lipinski definition) is 8. The highest BCUT2D eigenvalue weighted by Crippen LogP contribution is 2.18. The summed E-state index contributed by atoms with van der Waals surface area (Å²) in [6, 6.07) is 7.63. The first kappa shape index (κ1) is 15.8. The van der Waals surface area contributed by atoms with Gasteiger partial charge in [0.2, 0.25) is 17.7 Å². The molecule has 0 amide bonds. The Kier molecular flexibility index (Phi) is 4.07. The molecule has 2 N–H and O–H groups in total. The van der Waals surface area contributed by atoms with Gasteiger partial charge in [-0.25, -0.2) is 0 Å². The number of hydrogen-bond donors (Lipinski definition) is 1. The lowest BCUT2D eigenvalue weighted by Crippen LogP contribution is -2.20. The largest absolute Gasteiger partial charge is 0.368 e. The average molecular weight is 325 g/mol. The number of nitrogens with two attached hydrogens (primary N) is 1. The standard InChI is InChI=1S/C15H19N9/c1-9-5-7-11(8-6-9)13-20-22-24(21-13)10(2)12-17-14(16)19-15(18-12)23(3)4/h5-8,10H,1-4H3,(H2,16,17,18,19)/t10-/m1/s1. The molecule has 124 valence electrons. The topological polar surface area (TPSA) is 112 Å². The Balaban J connectivity index is 1.91. The Morgan fingerprint density at radius 3 is 2.46 bits per heavy atom. The molecular weight excluding hydrogens is 306 g/mol. The summed E-state index contributed by atoms with van der Waals surface area (Å²) in [4.78, 5) is 15.9. The highest BCUT2D eigenvalue weighted by molar-refractivity contribution is 5.54. The molecule has 3 aromatic rings. The van der Waals surface area contributed by atoms with E-state index in [1.165, 1.54) is 10.4 Å². The van der Waals surface area contributed by atoms with Crippen molar-refractivity contribution in [1.29, 1.82) is 0 Å². The molecule has 0 aliphatic heterocycles. The van der Waals surface area contributed by atoms with Crippen LogP contribution in [0, 0.1) is 6.92 Å². The first-order valence-corrected chi connectivity index (χ1v) is 7.49. The lowest BCUT2D eigenvalue weighted by Gasteiger charge is -2.14. The molecule has 0 unspecified atom stereocenters. The normalized spacial score (nSPS) is 12.2. The maximum absolute atomic E-state index is 5.77. The lowest BCUT2D eigenvalue weighted by molar-refractivity contribution is 0.461. The van der Waals surface area contributed by atoms with E-state index in [9.17, 15) is 0 Å². The molecule has 0 radical (unpaired) electrons. The molecule has 1 atom stereocenters. The third-order valence-corrected chi connectivity index (χ3v) is 3.52. The number of tetrazole rings is 1. The number of aromatic nitrogens is 7. The Morgan fingerprint density at radius 2 is 1.79 bits per heavy atom. The lowest BCUT2D eigenvalue weighted by atomic mass is 10.1. The zero-order chi connectivity index (χ0) is 17.3. The van der Waals surface area contributed by atoms with Gasteiger partial charge in [0, 0.05) is 19.7 Å². The van der Waals surface area contributed by atoms with Gasteiger partial charge in [0.15, 0.2) is 5.82 Å². The molecule has 3 rings (SSSR count). The van der Waals surface area contributed by atoms with Crippen molar-refractivity contribution >= 4 is 11.9 Å². The van der Waals surface area contributed by atoms with Crippen LogP contribution in [0.5, 0.6) is 0 Å². The minimum atomic E-state index is -0.319. The second-order valence-electron chi connectivity index (χ2n) is 5.72. The van der Waals surface area contributed by atoms with E-state index in [4.69, 9.17) is 5.73 Å². The van der Waals surface area contributed by atoms with Gasteiger partial charge in [-0.15, -0.1) is 10.2 Å². The van der Waals surface area contributed by atoms with Crippen LogP contribution in [0.1, 0.15) is 24.4 Å². The maximum atomic E-state index is 5.77. The van der Waals surface area contributed by atoms with Crippen molar-refractivity contribution in [3.8, 4) is 11.4 Å². The van der Waals surface area contributed by atoms with Crippen molar-refractivity contribution in [2.45, 2.75) is 19.9 Å². The number of nitrogens with zero attached hydrogens (tertiary/aromatic N) is 8. The van der Waals surface area contributed by atoms with E-state index < -0.39 is 0 Å². The van der Waals surface area contributed by atoms with Crippen LogP contribution in [0.4, 0.5) is 11.9 Å². The second-order valence-corrected chi connectivity index (χ2v) is 5.72. The Morgan fingerprint density at radius 1 is 1.08 bits per heavy atom. The zero-order valence-corrected chi connectivity index (χ0v) is 14.0. The summed E-state index contributed by atoms with van der Waals surface area (Å²) < 4.78 is 0. The number of nitrogen functional groups attached to an aromatic ring is 1. The van der Waals surface area contributed by atoms with E-state index >= 15 is 0 Å². The zero-order valence-electron chi connectivity index (χ0n) is 14.0. The van der Waals surface area contributed by atoms with Crippen molar-refractivity contribution < 1.29 is 0 Å². The maximum Gasteiger partial charge on any atom is 0.229 e. The molecule has 0 aliphatic carbocycles. The van der Waals surface area contributed by atoms with Gasteiger partial charge in [-0.1, -0.05) is 29.8 Å². The van der Waals surface area contributed by atoms with Gasteiger partial charge in [-0.2, -0.15) is 19.7 Å². The molecule has 0 spiro atoms. The van der Waals surface area contributed by atoms with Crippen molar-refractivity contribution in [1.82, 2.24) is 35.2 Å². The summed E-state index contributed by atoms with van der Waals surface area (Å²) >= 11 is 0. The van der Waals surface area contributed by atoms with Crippen LogP contribution in [0.15, 0.2) is 24.3 Å². The van der Waals surface area contributed by atoms with Crippen LogP contribution in [0.3, 0.4) is 0 Å². The predicted molar refractivity (Wildman–Crippen MR) is 90.4 cm³/mol. The first-order valence-electron chi connectivity index (χ1n) is 7.49. The molecular formula is C15H19N9. The van der Waals surface area contributed by atoms with Gasteiger partial charge < -0.3 is 10.6 Å². The van der Waals surface area contributed by atoms with Gasteiger partial charge >= 0.3 is 0 Å². The molecule has 24 heavy (non-hydrogen) atoms. The highest BCUT2D eigenvalue weighted by atomic mass is 15.6. The molecule has 9 heteroatoms. The molecule has 0 saturated heterocycles. The molecule has 0 fully saturated rings. The fraction of sp³-hybridized carbons (Fsp3) is 0.333. The summed E-state index contributed by atoms with van der Waals surface area (Å²) in [5.41, 5.74) is 7.85. The second kappa shape index (κ2) is 6.19. The van der Waals surface area contributed by atoms with Crippen molar-refractivity contribution in [2.75, 3.05) is 24.7 Å². The minimum absolute atomic E-state index is 0.162. The molecule has 2 aromatic heterocycles. The van der Waals surface area contributed by atoms with Crippen LogP contribution in [0.2, 0.25) is 0 Å². The van der Waals surface area contributed by atoms with Crippen molar-refractivity contribution in [3.63, 3.8) is 0 Å². The van der Waals surface area contributed by atoms with E-state index in [-0.39, 0.29) is 12.0 Å². The highest BCUT2D eigenvalue weighted by Gasteiger charge is 2.18. The fourth-order valence-electron chi connectivity index (χ4n) is 2.09. The summed E-state index contributed by atoms with van der Waals surface area (Å²) in [5.74, 6) is 1.69. The van der Waals surface area contributed by atoms with Crippen LogP contribution in [-0.2, 0) is 0 Å². The van der Waals surface area contributed by atoms with Crippen LogP contribution < -0.4 is 10.6 Å². The number of rotatable bonds is 4. The van der Waals surface area contributed by atoms with Crippen LogP contribution in [-0.4, -0.2) is 49.3 Å². The van der Waals surface area contributed by atoms with Gasteiger partial charge in [0.25, 0.3) is 0 Å². The number of aryl methyl sites for hydroxylation is 1. The predicted octanol–water partition coefficient (Wildman–Crippen LogP) is 1.09. The Labute approximate surface area is 139 Å². The average Bonchev–Trinajstić information content (AvgIpc) is 3.04. The number of benzene rings is 1. The van der Waals surface area contributed by atoms with E-state index in [0.29, 0.717) is 17.6 Å². The molecule has 0 aliphatic rings. The first-order chi connectivity index (χ1) is 11.4. The monoisotopic (exact) mass is 325 g/mol. The molecule has 9 nitrogen and oxygen atoms in total. The van der Waals surface area contributed by atoms with Gasteiger partial charge in [-0.05, 0) is 19.1 Å². The van der Waals surface area contributed by atoms with Crippen LogP contribution >= 0.6 is 0 Å². The fourth-order valence-corrected chi connectivity index (χ4v) is 2.09. The molecule has 0 bridgehead atoms. The summed E-state index contributed by atoms with van der Waals surface area (Å²) in [6.45, 7) is 3.92. The van der Waals surface area contributed by atoms with E-state index in [1.54, 1.807) is 4.90 Å². The quantitative estimate of drug-likeness (QED) is 0.758. The smallest absolute Gasteiger partial charge is 0.229 e. The molecule has 2 heterocycles. The van der Waals surface area contributed by atoms with E-state index in [2.05, 4.69) is 30.4 Å². The molecule has 0 saturated carbocycles. The van der Waals surface area contributed by atoms with E-state index in [0.717, 1.165) is 5.56 Å². The summed E-state index contributed by atoms with van der Waals surface area (Å²) in [5, 5.41) is 12.7. The Hall–Kier alpha value is -3.10. The van der Waals surface area contributed by atoms with Crippen LogP contribution in [0.25, 0.3) is 11.4 Å². The van der Waals surface area contributed by atoms with Crippen molar-refractivity contribution in [2.24, 2.45) is 0 Å². The number of anilines is 2. The van der Waals surface area contributed by atoms with Crippen molar-refractivity contribution in [3.05, 3.63) is 35.7 Å². The van der Waals surface area contributed by atoms with Gasteiger partial charge in [0.1, 0.15) is 6.04 Å². The van der Waals surface area contributed by atoms with Gasteiger partial charge in [-0.3, -0.25) is 0 Å².